The molecule has 0 unspecified atom stereocenters. The first-order chi connectivity index (χ1) is 6.00. The molecule has 0 aliphatic carbocycles. The lowest BCUT2D eigenvalue weighted by atomic mass is 10.4. The normalized spacial score (nSPS) is 9.77. The Bertz CT molecular complexity index is 359. The van der Waals surface area contributed by atoms with E-state index < -0.39 is 22.8 Å². The van der Waals surface area contributed by atoms with Crippen LogP contribution in [0.2, 0.25) is 10.3 Å². The summed E-state index contributed by atoms with van der Waals surface area (Å²) in [5, 5.41) is -0.577. The van der Waals surface area contributed by atoms with Crippen LogP contribution in [0.25, 0.3) is 0 Å². The highest BCUT2D eigenvalue weighted by Crippen LogP contribution is 2.25. The summed E-state index contributed by atoms with van der Waals surface area (Å²) in [7, 11) is 0. The van der Waals surface area contributed by atoms with Crippen molar-refractivity contribution in [2.75, 3.05) is 0 Å². The molecule has 1 aromatic heterocycles. The lowest BCUT2D eigenvalue weighted by Crippen LogP contribution is -2.17. The molecule has 0 saturated heterocycles. The van der Waals surface area contributed by atoms with Crippen molar-refractivity contribution in [2.24, 2.45) is 5.73 Å². The van der Waals surface area contributed by atoms with Crippen LogP contribution in [-0.2, 0) is 0 Å². The topological polar surface area (TPSA) is 65.2 Å². The summed E-state index contributed by atoms with van der Waals surface area (Å²) in [5.74, 6) is -1.43. The van der Waals surface area contributed by atoms with Crippen molar-refractivity contribution in [1.82, 2.24) is 4.98 Å². The summed E-state index contributed by atoms with van der Waals surface area (Å²) in [5.41, 5.74) is 4.66. The summed E-state index contributed by atoms with van der Waals surface area (Å²) >= 11 is 10.7. The van der Waals surface area contributed by atoms with Gasteiger partial charge in [-0.15, -0.1) is 0 Å². The maximum atomic E-state index is 13.0. The molecule has 2 N–H and O–H groups in total. The summed E-state index contributed by atoms with van der Waals surface area (Å²) in [4.78, 5) is 13.6. The molecule has 0 fully saturated rings. The zero-order valence-electron chi connectivity index (χ0n) is 6.05. The van der Waals surface area contributed by atoms with Crippen LogP contribution in [0.3, 0.4) is 0 Å². The fourth-order valence-corrected chi connectivity index (χ4v) is 1.04. The van der Waals surface area contributed by atoms with E-state index in [1.54, 1.807) is 0 Å². The number of hydrogen-bond acceptors (Lipinski definition) is 3. The SMILES string of the molecule is NC(=O)Oc1cc(Cl)nc(Cl)c1F. The highest BCUT2D eigenvalue weighted by molar-refractivity contribution is 6.32. The minimum atomic E-state index is -1.16. The molecule has 0 aliphatic rings. The van der Waals surface area contributed by atoms with Crippen molar-refractivity contribution < 1.29 is 13.9 Å². The van der Waals surface area contributed by atoms with E-state index in [-0.39, 0.29) is 5.15 Å². The molecule has 0 atom stereocenters. The molecule has 4 nitrogen and oxygen atoms in total. The second-order valence-electron chi connectivity index (χ2n) is 1.97. The van der Waals surface area contributed by atoms with Gasteiger partial charge in [0, 0.05) is 6.07 Å². The molecule has 0 radical (unpaired) electrons. The Kier molecular flexibility index (Phi) is 2.90. The lowest BCUT2D eigenvalue weighted by Gasteiger charge is -2.03. The van der Waals surface area contributed by atoms with E-state index in [0.29, 0.717) is 0 Å². The Morgan fingerprint density at radius 1 is 1.62 bits per heavy atom. The monoisotopic (exact) mass is 224 g/mol. The molecule has 70 valence electrons. The van der Waals surface area contributed by atoms with E-state index in [4.69, 9.17) is 23.2 Å². The summed E-state index contributed by atoms with van der Waals surface area (Å²) in [6.07, 6.45) is -1.16. The molecular weight excluding hydrogens is 222 g/mol. The van der Waals surface area contributed by atoms with E-state index in [9.17, 15) is 9.18 Å². The second-order valence-corrected chi connectivity index (χ2v) is 2.71. The number of halogens is 3. The van der Waals surface area contributed by atoms with Gasteiger partial charge in [-0.05, 0) is 0 Å². The number of amides is 1. The van der Waals surface area contributed by atoms with Gasteiger partial charge in [0.15, 0.2) is 10.9 Å². The van der Waals surface area contributed by atoms with Gasteiger partial charge in [-0.3, -0.25) is 0 Å². The Morgan fingerprint density at radius 3 is 2.77 bits per heavy atom. The predicted octanol–water partition coefficient (Wildman–Crippen LogP) is 1.99. The van der Waals surface area contributed by atoms with Crippen LogP contribution < -0.4 is 10.5 Å². The minimum Gasteiger partial charge on any atom is -0.407 e. The number of nitrogens with zero attached hydrogens (tertiary/aromatic N) is 1. The first kappa shape index (κ1) is 10.0. The summed E-state index contributed by atoms with van der Waals surface area (Å²) in [6, 6.07) is 0.994. The van der Waals surface area contributed by atoms with E-state index in [1.807, 2.05) is 0 Å². The number of aromatic nitrogens is 1. The van der Waals surface area contributed by atoms with Gasteiger partial charge in [-0.2, -0.15) is 4.39 Å². The number of rotatable bonds is 1. The molecule has 0 aromatic carbocycles. The average molecular weight is 225 g/mol. The molecule has 1 heterocycles. The minimum absolute atomic E-state index is 0.0948. The summed E-state index contributed by atoms with van der Waals surface area (Å²) in [6.45, 7) is 0. The maximum Gasteiger partial charge on any atom is 0.410 e. The van der Waals surface area contributed by atoms with Crippen molar-refractivity contribution >= 4 is 29.3 Å². The van der Waals surface area contributed by atoms with Crippen molar-refractivity contribution in [3.05, 3.63) is 22.2 Å². The van der Waals surface area contributed by atoms with Crippen LogP contribution in [0.1, 0.15) is 0 Å². The fourth-order valence-electron chi connectivity index (χ4n) is 0.631. The van der Waals surface area contributed by atoms with E-state index in [2.05, 4.69) is 15.5 Å². The molecule has 7 heteroatoms. The van der Waals surface area contributed by atoms with Crippen molar-refractivity contribution in [2.45, 2.75) is 0 Å². The zero-order valence-corrected chi connectivity index (χ0v) is 7.56. The Morgan fingerprint density at radius 2 is 2.23 bits per heavy atom. The maximum absolute atomic E-state index is 13.0. The van der Waals surface area contributed by atoms with Gasteiger partial charge in [-0.1, -0.05) is 23.2 Å². The van der Waals surface area contributed by atoms with Gasteiger partial charge in [0.1, 0.15) is 5.15 Å². The van der Waals surface area contributed by atoms with Crippen LogP contribution in [0.5, 0.6) is 5.75 Å². The average Bonchev–Trinajstić information content (AvgIpc) is 1.98. The summed E-state index contributed by atoms with van der Waals surface area (Å²) < 4.78 is 17.2. The zero-order chi connectivity index (χ0) is 10.0. The number of hydrogen-bond donors (Lipinski definition) is 1. The number of carbonyl (C=O) groups excluding carboxylic acids is 1. The van der Waals surface area contributed by atoms with Gasteiger partial charge in [0.05, 0.1) is 0 Å². The Labute approximate surface area is 82.4 Å². The molecule has 0 saturated carbocycles. The van der Waals surface area contributed by atoms with E-state index in [0.717, 1.165) is 6.07 Å². The molecule has 1 rings (SSSR count). The predicted molar refractivity (Wildman–Crippen MR) is 44.4 cm³/mol. The van der Waals surface area contributed by atoms with Gasteiger partial charge < -0.3 is 10.5 Å². The highest BCUT2D eigenvalue weighted by Gasteiger charge is 2.13. The Balaban J connectivity index is 3.12. The molecular formula is C6H3Cl2FN2O2. The number of primary amides is 1. The third-order valence-corrected chi connectivity index (χ3v) is 1.51. The molecule has 1 amide bonds. The quantitative estimate of drug-likeness (QED) is 0.743. The smallest absolute Gasteiger partial charge is 0.407 e. The highest BCUT2D eigenvalue weighted by atomic mass is 35.5. The van der Waals surface area contributed by atoms with Crippen molar-refractivity contribution in [1.29, 1.82) is 0 Å². The first-order valence-electron chi connectivity index (χ1n) is 2.99. The third kappa shape index (κ3) is 2.43. The molecule has 1 aromatic rings. The van der Waals surface area contributed by atoms with Crippen molar-refractivity contribution in [3.8, 4) is 5.75 Å². The number of nitrogens with two attached hydrogens (primary N) is 1. The first-order valence-corrected chi connectivity index (χ1v) is 3.75. The second kappa shape index (κ2) is 3.76. The van der Waals surface area contributed by atoms with Gasteiger partial charge >= 0.3 is 6.09 Å². The number of pyridine rings is 1. The molecule has 0 bridgehead atoms. The largest absolute Gasteiger partial charge is 0.410 e. The van der Waals surface area contributed by atoms with Crippen LogP contribution in [-0.4, -0.2) is 11.1 Å². The third-order valence-electron chi connectivity index (χ3n) is 1.06. The van der Waals surface area contributed by atoms with Crippen LogP contribution >= 0.6 is 23.2 Å². The molecule has 13 heavy (non-hydrogen) atoms. The van der Waals surface area contributed by atoms with Gasteiger partial charge in [0.25, 0.3) is 0 Å². The molecule has 0 aliphatic heterocycles. The number of ether oxygens (including phenoxy) is 1. The Hall–Kier alpha value is -1.07. The van der Waals surface area contributed by atoms with Crippen LogP contribution in [0.4, 0.5) is 9.18 Å². The van der Waals surface area contributed by atoms with E-state index in [1.165, 1.54) is 0 Å². The lowest BCUT2D eigenvalue weighted by molar-refractivity contribution is 0.208. The van der Waals surface area contributed by atoms with Gasteiger partial charge in [-0.25, -0.2) is 9.78 Å². The van der Waals surface area contributed by atoms with Crippen molar-refractivity contribution in [3.63, 3.8) is 0 Å². The fraction of sp³-hybridized carbons (Fsp3) is 0. The standard InChI is InChI=1S/C6H3Cl2FN2O2/c7-3-1-2(13-6(10)12)4(9)5(8)11-3/h1H,(H2,10,12). The molecule has 0 spiro atoms. The number of carbonyl (C=O) groups is 1. The van der Waals surface area contributed by atoms with Gasteiger partial charge in [0.2, 0.25) is 5.82 Å². The van der Waals surface area contributed by atoms with E-state index >= 15 is 0 Å². The van der Waals surface area contributed by atoms with Crippen LogP contribution in [0.15, 0.2) is 6.07 Å². The van der Waals surface area contributed by atoms with Crippen LogP contribution in [0, 0.1) is 5.82 Å².